The maximum Gasteiger partial charge on any atom is 0.125 e. The largest absolute Gasteiger partial charge is 0.493 e. The van der Waals surface area contributed by atoms with Gasteiger partial charge in [-0.2, -0.15) is 0 Å². The number of hydrogen-bond donors (Lipinski definition) is 1. The molecule has 0 heterocycles. The highest BCUT2D eigenvalue weighted by Gasteiger charge is 2.12. The molecule has 1 rings (SSSR count). The summed E-state index contributed by atoms with van der Waals surface area (Å²) in [6.07, 6.45) is 4.33. The Morgan fingerprint density at radius 2 is 2.05 bits per heavy atom. The number of aliphatic hydroxyl groups is 1. The molecule has 108 valence electrons. The lowest BCUT2D eigenvalue weighted by molar-refractivity contribution is 0.183. The molecular weight excluding hydrogens is 304 g/mol. The Bertz CT molecular complexity index is 377. The van der Waals surface area contributed by atoms with Crippen LogP contribution in [0.15, 0.2) is 22.7 Å². The van der Waals surface area contributed by atoms with Crippen LogP contribution in [0, 0.1) is 5.92 Å². The van der Waals surface area contributed by atoms with Gasteiger partial charge in [0.2, 0.25) is 0 Å². The van der Waals surface area contributed by atoms with Crippen molar-refractivity contribution in [1.82, 2.24) is 0 Å². The second kappa shape index (κ2) is 8.60. The van der Waals surface area contributed by atoms with Gasteiger partial charge in [-0.05, 0) is 37.5 Å². The summed E-state index contributed by atoms with van der Waals surface area (Å²) in [5.41, 5.74) is 0.847. The van der Waals surface area contributed by atoms with Crippen LogP contribution in [0.3, 0.4) is 0 Å². The zero-order chi connectivity index (χ0) is 14.3. The molecule has 3 heteroatoms. The van der Waals surface area contributed by atoms with Gasteiger partial charge in [0.1, 0.15) is 5.75 Å². The summed E-state index contributed by atoms with van der Waals surface area (Å²) in [5.74, 6) is 1.40. The molecule has 1 N–H and O–H groups in total. The third-order valence-corrected chi connectivity index (χ3v) is 3.93. The van der Waals surface area contributed by atoms with E-state index in [2.05, 4.69) is 29.8 Å². The second-order valence-corrected chi connectivity index (χ2v) is 6.00. The van der Waals surface area contributed by atoms with Crippen molar-refractivity contribution in [2.75, 3.05) is 6.61 Å². The summed E-state index contributed by atoms with van der Waals surface area (Å²) in [4.78, 5) is 0. The van der Waals surface area contributed by atoms with E-state index in [1.807, 2.05) is 18.2 Å². The van der Waals surface area contributed by atoms with Gasteiger partial charge < -0.3 is 9.84 Å². The molecule has 1 aromatic rings. The number of halogens is 1. The third kappa shape index (κ3) is 5.53. The fourth-order valence-electron chi connectivity index (χ4n) is 2.08. The molecule has 0 saturated heterocycles. The zero-order valence-electron chi connectivity index (χ0n) is 12.2. The van der Waals surface area contributed by atoms with Crippen LogP contribution in [0.25, 0.3) is 0 Å². The summed E-state index contributed by atoms with van der Waals surface area (Å²) in [5, 5.41) is 9.79. The van der Waals surface area contributed by atoms with E-state index >= 15 is 0 Å². The van der Waals surface area contributed by atoms with Crippen molar-refractivity contribution in [1.29, 1.82) is 0 Å². The molecule has 0 aromatic heterocycles. The van der Waals surface area contributed by atoms with Crippen LogP contribution in [0.2, 0.25) is 0 Å². The normalized spacial score (nSPS) is 14.2. The maximum absolute atomic E-state index is 9.79. The van der Waals surface area contributed by atoms with Crippen molar-refractivity contribution in [3.63, 3.8) is 0 Å². The lowest BCUT2D eigenvalue weighted by atomic mass is 10.0. The van der Waals surface area contributed by atoms with Gasteiger partial charge in [-0.1, -0.05) is 49.0 Å². The van der Waals surface area contributed by atoms with E-state index in [1.54, 1.807) is 6.92 Å². The summed E-state index contributed by atoms with van der Waals surface area (Å²) < 4.78 is 6.89. The van der Waals surface area contributed by atoms with Gasteiger partial charge in [0, 0.05) is 10.0 Å². The molecular formula is C16H25BrO2. The summed E-state index contributed by atoms with van der Waals surface area (Å²) in [7, 11) is 0. The van der Waals surface area contributed by atoms with Gasteiger partial charge in [0.25, 0.3) is 0 Å². The molecule has 0 aliphatic carbocycles. The average Bonchev–Trinajstić information content (AvgIpc) is 2.40. The first-order valence-corrected chi connectivity index (χ1v) is 7.98. The van der Waals surface area contributed by atoms with Crippen molar-refractivity contribution in [3.05, 3.63) is 28.2 Å². The SMILES string of the molecule is CCCCC(CC)COc1ccc(Br)cc1[C@@H](C)O. The standard InChI is InChI=1S/C16H25BrO2/c1-4-6-7-13(5-2)11-19-16-9-8-14(17)10-15(16)12(3)18/h8-10,12-13,18H,4-7,11H2,1-3H3/t12-,13?/m1/s1. The number of benzene rings is 1. The van der Waals surface area contributed by atoms with Crippen LogP contribution in [0.1, 0.15) is 58.1 Å². The molecule has 0 saturated carbocycles. The van der Waals surface area contributed by atoms with Crippen LogP contribution in [-0.2, 0) is 0 Å². The van der Waals surface area contributed by atoms with Crippen molar-refractivity contribution in [3.8, 4) is 5.75 Å². The van der Waals surface area contributed by atoms with E-state index < -0.39 is 6.10 Å². The number of hydrogen-bond acceptors (Lipinski definition) is 2. The molecule has 1 unspecified atom stereocenters. The van der Waals surface area contributed by atoms with Crippen molar-refractivity contribution < 1.29 is 9.84 Å². The fourth-order valence-corrected chi connectivity index (χ4v) is 2.46. The smallest absolute Gasteiger partial charge is 0.125 e. The number of rotatable bonds is 8. The molecule has 19 heavy (non-hydrogen) atoms. The lowest BCUT2D eigenvalue weighted by Gasteiger charge is -2.18. The monoisotopic (exact) mass is 328 g/mol. The minimum atomic E-state index is -0.511. The average molecular weight is 329 g/mol. The topological polar surface area (TPSA) is 29.5 Å². The first-order valence-electron chi connectivity index (χ1n) is 7.18. The quantitative estimate of drug-likeness (QED) is 0.719. The highest BCUT2D eigenvalue weighted by molar-refractivity contribution is 9.10. The van der Waals surface area contributed by atoms with Gasteiger partial charge in [0.05, 0.1) is 12.7 Å². The molecule has 0 aliphatic rings. The molecule has 0 fully saturated rings. The molecule has 1 aromatic carbocycles. The van der Waals surface area contributed by atoms with E-state index in [0.29, 0.717) is 5.92 Å². The summed E-state index contributed by atoms with van der Waals surface area (Å²) in [6.45, 7) is 6.93. The predicted molar refractivity (Wildman–Crippen MR) is 83.6 cm³/mol. The first-order chi connectivity index (χ1) is 9.08. The fraction of sp³-hybridized carbons (Fsp3) is 0.625. The van der Waals surface area contributed by atoms with E-state index in [-0.39, 0.29) is 0 Å². The summed E-state index contributed by atoms with van der Waals surface area (Å²) >= 11 is 3.43. The molecule has 0 spiro atoms. The highest BCUT2D eigenvalue weighted by atomic mass is 79.9. The van der Waals surface area contributed by atoms with Gasteiger partial charge in [-0.25, -0.2) is 0 Å². The Morgan fingerprint density at radius 3 is 2.63 bits per heavy atom. The Morgan fingerprint density at radius 1 is 1.32 bits per heavy atom. The molecule has 2 atom stereocenters. The van der Waals surface area contributed by atoms with E-state index in [9.17, 15) is 5.11 Å². The molecule has 0 aliphatic heterocycles. The van der Waals surface area contributed by atoms with E-state index in [1.165, 1.54) is 19.3 Å². The molecule has 0 bridgehead atoms. The minimum Gasteiger partial charge on any atom is -0.493 e. The highest BCUT2D eigenvalue weighted by Crippen LogP contribution is 2.29. The van der Waals surface area contributed by atoms with Crippen molar-refractivity contribution in [2.24, 2.45) is 5.92 Å². The van der Waals surface area contributed by atoms with Crippen molar-refractivity contribution in [2.45, 2.75) is 52.6 Å². The molecule has 0 radical (unpaired) electrons. The minimum absolute atomic E-state index is 0.511. The molecule has 2 nitrogen and oxygen atoms in total. The first kappa shape index (κ1) is 16.5. The predicted octanol–water partition coefficient (Wildman–Crippen LogP) is 5.10. The van der Waals surface area contributed by atoms with Crippen LogP contribution in [0.5, 0.6) is 5.75 Å². The Kier molecular flexibility index (Phi) is 7.47. The third-order valence-electron chi connectivity index (χ3n) is 3.44. The second-order valence-electron chi connectivity index (χ2n) is 5.09. The van der Waals surface area contributed by atoms with Crippen LogP contribution < -0.4 is 4.74 Å². The Hall–Kier alpha value is -0.540. The number of ether oxygens (including phenoxy) is 1. The van der Waals surface area contributed by atoms with Crippen molar-refractivity contribution >= 4 is 15.9 Å². The zero-order valence-corrected chi connectivity index (χ0v) is 13.7. The summed E-state index contributed by atoms with van der Waals surface area (Å²) in [6, 6.07) is 5.81. The Balaban J connectivity index is 2.65. The number of unbranched alkanes of at least 4 members (excludes halogenated alkanes) is 1. The Labute approximate surface area is 125 Å². The van der Waals surface area contributed by atoms with Crippen LogP contribution in [0.4, 0.5) is 0 Å². The van der Waals surface area contributed by atoms with E-state index in [0.717, 1.165) is 28.8 Å². The number of aliphatic hydroxyl groups excluding tert-OH is 1. The van der Waals surface area contributed by atoms with Crippen LogP contribution in [-0.4, -0.2) is 11.7 Å². The van der Waals surface area contributed by atoms with Gasteiger partial charge in [0.15, 0.2) is 0 Å². The lowest BCUT2D eigenvalue weighted by Crippen LogP contribution is -2.12. The molecule has 0 amide bonds. The van der Waals surface area contributed by atoms with Gasteiger partial charge in [-0.3, -0.25) is 0 Å². The maximum atomic E-state index is 9.79. The van der Waals surface area contributed by atoms with Crippen LogP contribution >= 0.6 is 15.9 Å². The van der Waals surface area contributed by atoms with Gasteiger partial charge in [-0.15, -0.1) is 0 Å². The van der Waals surface area contributed by atoms with E-state index in [4.69, 9.17) is 4.74 Å². The van der Waals surface area contributed by atoms with Gasteiger partial charge >= 0.3 is 0 Å².